The second-order valence-electron chi connectivity index (χ2n) is 6.29. The number of aliphatic carboxylic acids is 1. The lowest BCUT2D eigenvalue weighted by molar-refractivity contribution is -0.142. The lowest BCUT2D eigenvalue weighted by Crippen LogP contribution is -2.30. The molecule has 1 aromatic heterocycles. The molecule has 5 heteroatoms. The SMILES string of the molecule is CC(C)N1CCCC1c1cn2c(n1)CC(C(=O)O)CC2. The number of carboxylic acid groups (broad SMARTS) is 1. The van der Waals surface area contributed by atoms with Crippen LogP contribution < -0.4 is 0 Å². The van der Waals surface area contributed by atoms with Gasteiger partial charge in [-0.2, -0.15) is 0 Å². The van der Waals surface area contributed by atoms with Gasteiger partial charge in [-0.05, 0) is 39.7 Å². The summed E-state index contributed by atoms with van der Waals surface area (Å²) in [6.45, 7) is 6.39. The van der Waals surface area contributed by atoms with E-state index in [0.29, 0.717) is 18.5 Å². The standard InChI is InChI=1S/C15H23N3O2/c1-10(2)18-6-3-4-13(18)12-9-17-7-5-11(15(19)20)8-14(17)16-12/h9-11,13H,3-8H2,1-2H3,(H,19,20). The monoisotopic (exact) mass is 277 g/mol. The number of carbonyl (C=O) groups is 1. The van der Waals surface area contributed by atoms with Crippen LogP contribution in [0.1, 0.15) is 50.7 Å². The molecule has 1 aromatic rings. The number of rotatable bonds is 3. The van der Waals surface area contributed by atoms with E-state index >= 15 is 0 Å². The third kappa shape index (κ3) is 2.35. The minimum Gasteiger partial charge on any atom is -0.481 e. The molecule has 2 atom stereocenters. The number of likely N-dealkylation sites (tertiary alicyclic amines) is 1. The molecule has 5 nitrogen and oxygen atoms in total. The molecule has 0 radical (unpaired) electrons. The van der Waals surface area contributed by atoms with E-state index in [2.05, 4.69) is 29.5 Å². The minimum atomic E-state index is -0.689. The largest absolute Gasteiger partial charge is 0.481 e. The molecular formula is C15H23N3O2. The summed E-state index contributed by atoms with van der Waals surface area (Å²) in [6, 6.07) is 0.948. The molecule has 0 aliphatic carbocycles. The Labute approximate surface area is 119 Å². The summed E-state index contributed by atoms with van der Waals surface area (Å²) in [6.07, 6.45) is 5.83. The van der Waals surface area contributed by atoms with Gasteiger partial charge in [0.2, 0.25) is 0 Å². The van der Waals surface area contributed by atoms with E-state index in [-0.39, 0.29) is 5.92 Å². The van der Waals surface area contributed by atoms with E-state index in [4.69, 9.17) is 10.1 Å². The molecule has 2 aliphatic heterocycles. The van der Waals surface area contributed by atoms with Crippen molar-refractivity contribution in [3.05, 3.63) is 17.7 Å². The number of imidazole rings is 1. The van der Waals surface area contributed by atoms with Gasteiger partial charge in [-0.3, -0.25) is 9.69 Å². The first-order valence-corrected chi connectivity index (χ1v) is 7.60. The summed E-state index contributed by atoms with van der Waals surface area (Å²) < 4.78 is 2.16. The third-order valence-electron chi connectivity index (χ3n) is 4.67. The Morgan fingerprint density at radius 3 is 2.90 bits per heavy atom. The Morgan fingerprint density at radius 1 is 1.40 bits per heavy atom. The minimum absolute atomic E-state index is 0.262. The Hall–Kier alpha value is -1.36. The first-order valence-electron chi connectivity index (χ1n) is 7.60. The van der Waals surface area contributed by atoms with Crippen LogP contribution in [0.15, 0.2) is 6.20 Å². The van der Waals surface area contributed by atoms with Crippen LogP contribution in [0, 0.1) is 5.92 Å². The van der Waals surface area contributed by atoms with Gasteiger partial charge in [0.25, 0.3) is 0 Å². The van der Waals surface area contributed by atoms with Crippen LogP contribution >= 0.6 is 0 Å². The summed E-state index contributed by atoms with van der Waals surface area (Å²) in [5.41, 5.74) is 1.14. The maximum atomic E-state index is 11.1. The maximum Gasteiger partial charge on any atom is 0.307 e. The number of aromatic nitrogens is 2. The highest BCUT2D eigenvalue weighted by atomic mass is 16.4. The van der Waals surface area contributed by atoms with Crippen LogP contribution in [0.5, 0.6) is 0 Å². The molecule has 20 heavy (non-hydrogen) atoms. The van der Waals surface area contributed by atoms with Crippen molar-refractivity contribution in [3.63, 3.8) is 0 Å². The molecular weight excluding hydrogens is 254 g/mol. The van der Waals surface area contributed by atoms with Crippen molar-refractivity contribution < 1.29 is 9.90 Å². The zero-order valence-electron chi connectivity index (χ0n) is 12.2. The lowest BCUT2D eigenvalue weighted by atomic mass is 9.98. The van der Waals surface area contributed by atoms with E-state index in [1.54, 1.807) is 0 Å². The molecule has 1 fully saturated rings. The fraction of sp³-hybridized carbons (Fsp3) is 0.733. The molecule has 0 spiro atoms. The maximum absolute atomic E-state index is 11.1. The number of fused-ring (bicyclic) bond motifs is 1. The molecule has 0 saturated carbocycles. The van der Waals surface area contributed by atoms with Gasteiger partial charge in [0.1, 0.15) is 5.82 Å². The van der Waals surface area contributed by atoms with Crippen LogP contribution in [-0.2, 0) is 17.8 Å². The van der Waals surface area contributed by atoms with Crippen molar-refractivity contribution in [2.24, 2.45) is 5.92 Å². The van der Waals surface area contributed by atoms with E-state index in [0.717, 1.165) is 37.4 Å². The Morgan fingerprint density at radius 2 is 2.20 bits per heavy atom. The first kappa shape index (κ1) is 13.6. The second kappa shape index (κ2) is 5.20. The van der Waals surface area contributed by atoms with Gasteiger partial charge in [-0.15, -0.1) is 0 Å². The van der Waals surface area contributed by atoms with Gasteiger partial charge in [0.15, 0.2) is 0 Å². The zero-order valence-corrected chi connectivity index (χ0v) is 12.2. The van der Waals surface area contributed by atoms with Crippen LogP contribution in [0.2, 0.25) is 0 Å². The molecule has 0 amide bonds. The topological polar surface area (TPSA) is 58.4 Å². The molecule has 1 saturated heterocycles. The van der Waals surface area contributed by atoms with Crippen molar-refractivity contribution >= 4 is 5.97 Å². The van der Waals surface area contributed by atoms with Crippen molar-refractivity contribution in [1.29, 1.82) is 0 Å². The molecule has 2 unspecified atom stereocenters. The molecule has 2 aliphatic rings. The van der Waals surface area contributed by atoms with Crippen LogP contribution in [-0.4, -0.2) is 38.1 Å². The highest BCUT2D eigenvalue weighted by Gasteiger charge is 2.32. The summed E-state index contributed by atoms with van der Waals surface area (Å²) in [4.78, 5) is 18.4. The number of nitrogens with zero attached hydrogens (tertiary/aromatic N) is 3. The fourth-order valence-electron chi connectivity index (χ4n) is 3.55. The smallest absolute Gasteiger partial charge is 0.307 e. The number of hydrogen-bond donors (Lipinski definition) is 1. The van der Waals surface area contributed by atoms with Crippen molar-refractivity contribution in [2.75, 3.05) is 6.54 Å². The predicted molar refractivity (Wildman–Crippen MR) is 75.5 cm³/mol. The molecule has 3 rings (SSSR count). The average Bonchev–Trinajstić information content (AvgIpc) is 3.03. The van der Waals surface area contributed by atoms with Gasteiger partial charge in [0, 0.05) is 25.2 Å². The van der Waals surface area contributed by atoms with Crippen molar-refractivity contribution in [2.45, 2.75) is 58.2 Å². The van der Waals surface area contributed by atoms with Gasteiger partial charge >= 0.3 is 5.97 Å². The van der Waals surface area contributed by atoms with Gasteiger partial charge in [-0.25, -0.2) is 4.98 Å². The highest BCUT2D eigenvalue weighted by molar-refractivity contribution is 5.70. The molecule has 0 aromatic carbocycles. The number of hydrogen-bond acceptors (Lipinski definition) is 3. The molecule has 110 valence electrons. The summed E-state index contributed by atoms with van der Waals surface area (Å²) in [5.74, 6) is 0.00209. The quantitative estimate of drug-likeness (QED) is 0.919. The Bertz CT molecular complexity index is 509. The molecule has 1 N–H and O–H groups in total. The fourth-order valence-corrected chi connectivity index (χ4v) is 3.55. The summed E-state index contributed by atoms with van der Waals surface area (Å²) >= 11 is 0. The highest BCUT2D eigenvalue weighted by Crippen LogP contribution is 2.34. The zero-order chi connectivity index (χ0) is 14.3. The second-order valence-corrected chi connectivity index (χ2v) is 6.29. The summed E-state index contributed by atoms with van der Waals surface area (Å²) in [7, 11) is 0. The average molecular weight is 277 g/mol. The van der Waals surface area contributed by atoms with E-state index < -0.39 is 5.97 Å². The number of aryl methyl sites for hydroxylation is 1. The van der Waals surface area contributed by atoms with E-state index in [9.17, 15) is 4.79 Å². The Balaban J connectivity index is 1.82. The van der Waals surface area contributed by atoms with Gasteiger partial charge in [0.05, 0.1) is 17.7 Å². The Kier molecular flexibility index (Phi) is 3.54. The third-order valence-corrected chi connectivity index (χ3v) is 4.67. The lowest BCUT2D eigenvalue weighted by Gasteiger charge is -2.26. The van der Waals surface area contributed by atoms with Crippen molar-refractivity contribution in [3.8, 4) is 0 Å². The van der Waals surface area contributed by atoms with Crippen LogP contribution in [0.25, 0.3) is 0 Å². The molecule has 3 heterocycles. The van der Waals surface area contributed by atoms with E-state index in [1.165, 1.54) is 6.42 Å². The molecule has 0 bridgehead atoms. The van der Waals surface area contributed by atoms with Crippen LogP contribution in [0.3, 0.4) is 0 Å². The number of carboxylic acids is 1. The van der Waals surface area contributed by atoms with E-state index in [1.807, 2.05) is 0 Å². The van der Waals surface area contributed by atoms with Crippen LogP contribution in [0.4, 0.5) is 0 Å². The normalized spacial score (nSPS) is 26.9. The van der Waals surface area contributed by atoms with Gasteiger partial charge in [-0.1, -0.05) is 0 Å². The van der Waals surface area contributed by atoms with Gasteiger partial charge < -0.3 is 9.67 Å². The first-order chi connectivity index (χ1) is 9.56. The van der Waals surface area contributed by atoms with Crippen molar-refractivity contribution in [1.82, 2.24) is 14.5 Å². The predicted octanol–water partition coefficient (Wildman–Crippen LogP) is 2.08. The summed E-state index contributed by atoms with van der Waals surface area (Å²) in [5, 5.41) is 9.15.